The zero-order valence-electron chi connectivity index (χ0n) is 10.3. The normalized spacial score (nSPS) is 14.7. The molecule has 0 unspecified atom stereocenters. The van der Waals surface area contributed by atoms with Gasteiger partial charge in [0.1, 0.15) is 0 Å². The number of nitrogens with one attached hydrogen (secondary N) is 1. The SMILES string of the molecule is CCCNc1nnc(C(=O)N(C)CC2CC2)s1. The zero-order chi connectivity index (χ0) is 12.3. The van der Waals surface area contributed by atoms with Gasteiger partial charge in [-0.2, -0.15) is 0 Å². The van der Waals surface area contributed by atoms with Crippen molar-refractivity contribution in [1.29, 1.82) is 0 Å². The summed E-state index contributed by atoms with van der Waals surface area (Å²) in [7, 11) is 1.83. The standard InChI is InChI=1S/C11H18N4OS/c1-3-6-12-11-14-13-9(17-11)10(16)15(2)7-8-4-5-8/h8H,3-7H2,1-2H3,(H,12,14). The molecule has 1 amide bonds. The van der Waals surface area contributed by atoms with E-state index in [4.69, 9.17) is 0 Å². The van der Waals surface area contributed by atoms with Crippen LogP contribution in [0.3, 0.4) is 0 Å². The summed E-state index contributed by atoms with van der Waals surface area (Å²) in [4.78, 5) is 13.8. The summed E-state index contributed by atoms with van der Waals surface area (Å²) in [5, 5.41) is 12.2. The topological polar surface area (TPSA) is 58.1 Å². The van der Waals surface area contributed by atoms with Crippen LogP contribution in [0.2, 0.25) is 0 Å². The lowest BCUT2D eigenvalue weighted by atomic mass is 10.4. The lowest BCUT2D eigenvalue weighted by Gasteiger charge is -2.14. The molecule has 1 aliphatic carbocycles. The van der Waals surface area contributed by atoms with E-state index in [1.807, 2.05) is 7.05 Å². The van der Waals surface area contributed by atoms with Gasteiger partial charge in [0.2, 0.25) is 10.1 Å². The smallest absolute Gasteiger partial charge is 0.284 e. The molecule has 0 radical (unpaired) electrons. The van der Waals surface area contributed by atoms with Crippen molar-refractivity contribution in [3.05, 3.63) is 5.01 Å². The van der Waals surface area contributed by atoms with Gasteiger partial charge in [-0.3, -0.25) is 4.79 Å². The van der Waals surface area contributed by atoms with Gasteiger partial charge in [0, 0.05) is 20.1 Å². The predicted molar refractivity (Wildman–Crippen MR) is 68.4 cm³/mol. The van der Waals surface area contributed by atoms with Gasteiger partial charge in [-0.25, -0.2) is 0 Å². The Hall–Kier alpha value is -1.17. The predicted octanol–water partition coefficient (Wildman–Crippen LogP) is 1.84. The van der Waals surface area contributed by atoms with Gasteiger partial charge in [0.25, 0.3) is 5.91 Å². The third-order valence-corrected chi connectivity index (χ3v) is 3.58. The minimum atomic E-state index is -0.0149. The molecule has 0 saturated heterocycles. The van der Waals surface area contributed by atoms with E-state index in [9.17, 15) is 4.79 Å². The van der Waals surface area contributed by atoms with Crippen molar-refractivity contribution in [2.75, 3.05) is 25.5 Å². The quantitative estimate of drug-likeness (QED) is 0.841. The maximum atomic E-state index is 12.0. The van der Waals surface area contributed by atoms with Crippen LogP contribution in [-0.4, -0.2) is 41.1 Å². The van der Waals surface area contributed by atoms with Gasteiger partial charge in [0.15, 0.2) is 0 Å². The summed E-state index contributed by atoms with van der Waals surface area (Å²) < 4.78 is 0. The fourth-order valence-corrected chi connectivity index (χ4v) is 2.31. The third kappa shape index (κ3) is 3.39. The molecular weight excluding hydrogens is 236 g/mol. The van der Waals surface area contributed by atoms with Gasteiger partial charge in [-0.05, 0) is 25.2 Å². The molecule has 1 saturated carbocycles. The van der Waals surface area contributed by atoms with Gasteiger partial charge >= 0.3 is 0 Å². The second-order valence-corrected chi connectivity index (χ2v) is 5.45. The van der Waals surface area contributed by atoms with E-state index in [2.05, 4.69) is 22.4 Å². The largest absolute Gasteiger partial charge is 0.360 e. The Morgan fingerprint density at radius 3 is 2.94 bits per heavy atom. The van der Waals surface area contributed by atoms with Crippen LogP contribution in [0.5, 0.6) is 0 Å². The highest BCUT2D eigenvalue weighted by Crippen LogP contribution is 2.29. The summed E-state index contributed by atoms with van der Waals surface area (Å²) in [5.74, 6) is 0.688. The molecule has 0 aliphatic heterocycles. The molecule has 1 aromatic heterocycles. The Morgan fingerprint density at radius 1 is 1.53 bits per heavy atom. The maximum Gasteiger partial charge on any atom is 0.284 e. The number of hydrogen-bond acceptors (Lipinski definition) is 5. The van der Waals surface area contributed by atoms with Crippen LogP contribution in [0, 0.1) is 5.92 Å². The number of aromatic nitrogens is 2. The van der Waals surface area contributed by atoms with Gasteiger partial charge in [0.05, 0.1) is 0 Å². The molecule has 6 heteroatoms. The number of anilines is 1. The molecule has 94 valence electrons. The zero-order valence-corrected chi connectivity index (χ0v) is 11.1. The van der Waals surface area contributed by atoms with Crippen molar-refractivity contribution in [1.82, 2.24) is 15.1 Å². The molecule has 0 atom stereocenters. The molecule has 1 N–H and O–H groups in total. The molecule has 1 aromatic rings. The highest BCUT2D eigenvalue weighted by atomic mass is 32.1. The number of hydrogen-bond donors (Lipinski definition) is 1. The highest BCUT2D eigenvalue weighted by Gasteiger charge is 2.26. The second-order valence-electron chi connectivity index (χ2n) is 4.47. The van der Waals surface area contributed by atoms with Crippen LogP contribution >= 0.6 is 11.3 Å². The van der Waals surface area contributed by atoms with Gasteiger partial charge in [-0.1, -0.05) is 18.3 Å². The maximum absolute atomic E-state index is 12.0. The van der Waals surface area contributed by atoms with Gasteiger partial charge in [-0.15, -0.1) is 10.2 Å². The van der Waals surface area contributed by atoms with Gasteiger partial charge < -0.3 is 10.2 Å². The Morgan fingerprint density at radius 2 is 2.29 bits per heavy atom. The number of nitrogens with zero attached hydrogens (tertiary/aromatic N) is 3. The lowest BCUT2D eigenvalue weighted by Crippen LogP contribution is -2.28. The van der Waals surface area contributed by atoms with Crippen LogP contribution in [-0.2, 0) is 0 Å². The van der Waals surface area contributed by atoms with Crippen molar-refractivity contribution in [2.45, 2.75) is 26.2 Å². The average molecular weight is 254 g/mol. The molecule has 1 aliphatic rings. The summed E-state index contributed by atoms with van der Waals surface area (Å²) in [6.07, 6.45) is 3.53. The molecule has 17 heavy (non-hydrogen) atoms. The van der Waals surface area contributed by atoms with Crippen molar-refractivity contribution < 1.29 is 4.79 Å². The molecule has 1 heterocycles. The van der Waals surface area contributed by atoms with E-state index < -0.39 is 0 Å². The van der Waals surface area contributed by atoms with E-state index >= 15 is 0 Å². The summed E-state index contributed by atoms with van der Waals surface area (Å²) in [6.45, 7) is 3.79. The van der Waals surface area contributed by atoms with Crippen molar-refractivity contribution >= 4 is 22.4 Å². The van der Waals surface area contributed by atoms with E-state index in [1.54, 1.807) is 4.90 Å². The van der Waals surface area contributed by atoms with E-state index in [1.165, 1.54) is 24.2 Å². The van der Waals surface area contributed by atoms with Crippen LogP contribution in [0.4, 0.5) is 5.13 Å². The molecule has 0 bridgehead atoms. The number of rotatable bonds is 6. The molecule has 5 nitrogen and oxygen atoms in total. The first-order valence-electron chi connectivity index (χ1n) is 6.03. The lowest BCUT2D eigenvalue weighted by molar-refractivity contribution is 0.0787. The first kappa shape index (κ1) is 12.3. The average Bonchev–Trinajstić information content (AvgIpc) is 3.01. The Kier molecular flexibility index (Phi) is 3.93. The molecule has 0 spiro atoms. The molecular formula is C11H18N4OS. The third-order valence-electron chi connectivity index (χ3n) is 2.71. The van der Waals surface area contributed by atoms with E-state index in [0.717, 1.165) is 24.6 Å². The van der Waals surface area contributed by atoms with Crippen molar-refractivity contribution in [3.63, 3.8) is 0 Å². The Bertz CT molecular complexity index is 389. The summed E-state index contributed by atoms with van der Waals surface area (Å²) in [6, 6.07) is 0. The van der Waals surface area contributed by atoms with E-state index in [-0.39, 0.29) is 5.91 Å². The first-order chi connectivity index (χ1) is 8.20. The molecule has 1 fully saturated rings. The minimum absolute atomic E-state index is 0.0149. The second kappa shape index (κ2) is 5.44. The van der Waals surface area contributed by atoms with Crippen LogP contribution in [0.15, 0.2) is 0 Å². The van der Waals surface area contributed by atoms with Crippen LogP contribution < -0.4 is 5.32 Å². The number of amides is 1. The monoisotopic (exact) mass is 254 g/mol. The van der Waals surface area contributed by atoms with E-state index in [0.29, 0.717) is 10.9 Å². The summed E-state index contributed by atoms with van der Waals surface area (Å²) >= 11 is 1.33. The Labute approximate surface area is 105 Å². The molecule has 2 rings (SSSR count). The Balaban J connectivity index is 1.90. The minimum Gasteiger partial charge on any atom is -0.360 e. The van der Waals surface area contributed by atoms with Crippen molar-refractivity contribution in [3.8, 4) is 0 Å². The summed E-state index contributed by atoms with van der Waals surface area (Å²) in [5.41, 5.74) is 0. The van der Waals surface area contributed by atoms with Crippen LogP contribution in [0.25, 0.3) is 0 Å². The number of carbonyl (C=O) groups is 1. The highest BCUT2D eigenvalue weighted by molar-refractivity contribution is 7.17. The fraction of sp³-hybridized carbons (Fsp3) is 0.727. The first-order valence-corrected chi connectivity index (χ1v) is 6.85. The number of carbonyl (C=O) groups excluding carboxylic acids is 1. The van der Waals surface area contributed by atoms with Crippen molar-refractivity contribution in [2.24, 2.45) is 5.92 Å². The fourth-order valence-electron chi connectivity index (χ4n) is 1.55. The van der Waals surface area contributed by atoms with Crippen LogP contribution in [0.1, 0.15) is 36.0 Å². The molecule has 0 aromatic carbocycles.